The highest BCUT2D eigenvalue weighted by atomic mass is 16.5. The number of hydrogen-bond donors (Lipinski definition) is 1. The van der Waals surface area contributed by atoms with Crippen LogP contribution < -0.4 is 0 Å². The van der Waals surface area contributed by atoms with E-state index in [0.29, 0.717) is 16.9 Å². The molecular weight excluding hydrogens is 268 g/mol. The van der Waals surface area contributed by atoms with Gasteiger partial charge in [0.05, 0.1) is 18.5 Å². The van der Waals surface area contributed by atoms with E-state index >= 15 is 0 Å². The van der Waals surface area contributed by atoms with Crippen LogP contribution in [0.4, 0.5) is 11.4 Å². The minimum Gasteiger partial charge on any atom is -0.507 e. The fourth-order valence-electron chi connectivity index (χ4n) is 2.07. The summed E-state index contributed by atoms with van der Waals surface area (Å²) in [5.74, 6) is -0.711. The van der Waals surface area contributed by atoms with E-state index in [9.17, 15) is 9.90 Å². The second kappa shape index (κ2) is 6.17. The number of ether oxygens (including phenoxy) is 1. The van der Waals surface area contributed by atoms with Crippen LogP contribution in [-0.2, 0) is 4.74 Å². The predicted octanol–water partition coefficient (Wildman–Crippen LogP) is 4.21. The van der Waals surface area contributed by atoms with Crippen LogP contribution in [0.3, 0.4) is 0 Å². The number of rotatable bonds is 3. The van der Waals surface area contributed by atoms with Crippen LogP contribution in [0.5, 0.6) is 5.75 Å². The number of methoxy groups -OCH3 is 1. The molecule has 0 heterocycles. The SMILES string of the molecule is COC(=O)c1c(O)cc(C)c(N=Nc2ccccc2)c1C. The van der Waals surface area contributed by atoms with Crippen molar-refractivity contribution in [1.29, 1.82) is 0 Å². The topological polar surface area (TPSA) is 71.2 Å². The number of carbonyl (C=O) groups excluding carboxylic acids is 1. The highest BCUT2D eigenvalue weighted by Gasteiger charge is 2.19. The number of aryl methyl sites for hydroxylation is 1. The summed E-state index contributed by atoms with van der Waals surface area (Å²) in [6.07, 6.45) is 0. The summed E-state index contributed by atoms with van der Waals surface area (Å²) in [6, 6.07) is 10.8. The van der Waals surface area contributed by atoms with Gasteiger partial charge in [0.2, 0.25) is 0 Å². The number of azo groups is 1. The van der Waals surface area contributed by atoms with Gasteiger partial charge in [-0.25, -0.2) is 4.79 Å². The van der Waals surface area contributed by atoms with Crippen LogP contribution in [0.1, 0.15) is 21.5 Å². The minimum absolute atomic E-state index is 0.115. The Morgan fingerprint density at radius 2 is 1.81 bits per heavy atom. The highest BCUT2D eigenvalue weighted by Crippen LogP contribution is 2.34. The van der Waals surface area contributed by atoms with Crippen molar-refractivity contribution < 1.29 is 14.6 Å². The normalized spacial score (nSPS) is 10.8. The Labute approximate surface area is 122 Å². The van der Waals surface area contributed by atoms with Gasteiger partial charge in [0, 0.05) is 0 Å². The van der Waals surface area contributed by atoms with E-state index in [1.54, 1.807) is 13.8 Å². The van der Waals surface area contributed by atoms with Gasteiger partial charge in [-0.05, 0) is 43.2 Å². The molecule has 0 aliphatic carbocycles. The van der Waals surface area contributed by atoms with E-state index in [2.05, 4.69) is 15.0 Å². The molecule has 0 atom stereocenters. The third-order valence-corrected chi connectivity index (χ3v) is 3.12. The van der Waals surface area contributed by atoms with Gasteiger partial charge in [-0.2, -0.15) is 5.11 Å². The molecule has 0 fully saturated rings. The molecule has 5 heteroatoms. The summed E-state index contributed by atoms with van der Waals surface area (Å²) < 4.78 is 4.68. The summed E-state index contributed by atoms with van der Waals surface area (Å²) in [5, 5.41) is 18.3. The van der Waals surface area contributed by atoms with Gasteiger partial charge in [-0.3, -0.25) is 0 Å². The second-order valence-electron chi connectivity index (χ2n) is 4.59. The van der Waals surface area contributed by atoms with Crippen molar-refractivity contribution in [1.82, 2.24) is 0 Å². The first kappa shape index (κ1) is 14.7. The lowest BCUT2D eigenvalue weighted by Crippen LogP contribution is -2.05. The third kappa shape index (κ3) is 3.08. The van der Waals surface area contributed by atoms with Crippen molar-refractivity contribution in [3.8, 4) is 5.75 Å². The lowest BCUT2D eigenvalue weighted by Gasteiger charge is -2.11. The number of aromatic hydroxyl groups is 1. The molecule has 0 aliphatic rings. The van der Waals surface area contributed by atoms with Gasteiger partial charge >= 0.3 is 5.97 Å². The Morgan fingerprint density at radius 3 is 2.43 bits per heavy atom. The molecule has 0 unspecified atom stereocenters. The van der Waals surface area contributed by atoms with Crippen LogP contribution in [0.25, 0.3) is 0 Å². The molecule has 21 heavy (non-hydrogen) atoms. The molecule has 0 saturated heterocycles. The summed E-state index contributed by atoms with van der Waals surface area (Å²) >= 11 is 0. The number of phenols is 1. The van der Waals surface area contributed by atoms with Crippen molar-refractivity contribution in [2.24, 2.45) is 10.2 Å². The molecule has 5 nitrogen and oxygen atoms in total. The van der Waals surface area contributed by atoms with E-state index in [0.717, 1.165) is 5.56 Å². The van der Waals surface area contributed by atoms with Crippen LogP contribution in [0.2, 0.25) is 0 Å². The molecule has 0 aromatic heterocycles. The molecule has 0 aliphatic heterocycles. The molecule has 108 valence electrons. The smallest absolute Gasteiger partial charge is 0.341 e. The van der Waals surface area contributed by atoms with Gasteiger partial charge in [-0.1, -0.05) is 18.2 Å². The Kier molecular flexibility index (Phi) is 4.33. The molecule has 0 bridgehead atoms. The van der Waals surface area contributed by atoms with Crippen LogP contribution in [-0.4, -0.2) is 18.2 Å². The molecule has 1 N–H and O–H groups in total. The van der Waals surface area contributed by atoms with Gasteiger partial charge in [0.25, 0.3) is 0 Å². The van der Waals surface area contributed by atoms with Gasteiger partial charge in [-0.15, -0.1) is 5.11 Å². The Hall–Kier alpha value is -2.69. The maximum absolute atomic E-state index is 11.7. The Bertz CT molecular complexity index is 694. The molecule has 2 aromatic carbocycles. The van der Waals surface area contributed by atoms with Gasteiger partial charge < -0.3 is 9.84 Å². The molecule has 2 aromatic rings. The fraction of sp³-hybridized carbons (Fsp3) is 0.188. The number of nitrogens with zero attached hydrogens (tertiary/aromatic N) is 2. The lowest BCUT2D eigenvalue weighted by atomic mass is 10.0. The number of carbonyl (C=O) groups is 1. The van der Waals surface area contributed by atoms with Crippen molar-refractivity contribution in [2.45, 2.75) is 13.8 Å². The molecule has 0 spiro atoms. The van der Waals surface area contributed by atoms with Crippen molar-refractivity contribution in [2.75, 3.05) is 7.11 Å². The molecular formula is C16H16N2O3. The monoisotopic (exact) mass is 284 g/mol. The van der Waals surface area contributed by atoms with E-state index in [-0.39, 0.29) is 11.3 Å². The van der Waals surface area contributed by atoms with Crippen LogP contribution >= 0.6 is 0 Å². The third-order valence-electron chi connectivity index (χ3n) is 3.12. The maximum Gasteiger partial charge on any atom is 0.341 e. The first-order valence-electron chi connectivity index (χ1n) is 6.43. The minimum atomic E-state index is -0.596. The zero-order valence-electron chi connectivity index (χ0n) is 12.1. The zero-order chi connectivity index (χ0) is 15.4. The average molecular weight is 284 g/mol. The standard InChI is InChI=1S/C16H16N2O3/c1-10-9-13(19)14(16(20)21-3)11(2)15(10)18-17-12-7-5-4-6-8-12/h4-9,19H,1-3H3. The summed E-state index contributed by atoms with van der Waals surface area (Å²) in [6.45, 7) is 3.51. The molecule has 0 radical (unpaired) electrons. The van der Waals surface area contributed by atoms with Gasteiger partial charge in [0.15, 0.2) is 0 Å². The van der Waals surface area contributed by atoms with Crippen molar-refractivity contribution >= 4 is 17.3 Å². The lowest BCUT2D eigenvalue weighted by molar-refractivity contribution is 0.0596. The molecule has 0 amide bonds. The van der Waals surface area contributed by atoms with E-state index in [4.69, 9.17) is 0 Å². The first-order chi connectivity index (χ1) is 10.0. The molecule has 0 saturated carbocycles. The Balaban J connectivity index is 2.49. The summed E-state index contributed by atoms with van der Waals surface area (Å²) in [5.41, 5.74) is 2.66. The number of esters is 1. The van der Waals surface area contributed by atoms with E-state index in [1.807, 2.05) is 30.3 Å². The predicted molar refractivity (Wildman–Crippen MR) is 79.5 cm³/mol. The number of hydrogen-bond acceptors (Lipinski definition) is 5. The van der Waals surface area contributed by atoms with Crippen LogP contribution in [0, 0.1) is 13.8 Å². The summed E-state index contributed by atoms with van der Waals surface area (Å²) in [7, 11) is 1.27. The van der Waals surface area contributed by atoms with Gasteiger partial charge in [0.1, 0.15) is 11.3 Å². The summed E-state index contributed by atoms with van der Waals surface area (Å²) in [4.78, 5) is 11.7. The maximum atomic E-state index is 11.7. The average Bonchev–Trinajstić information content (AvgIpc) is 2.47. The number of benzene rings is 2. The quantitative estimate of drug-likeness (QED) is 0.677. The fourth-order valence-corrected chi connectivity index (χ4v) is 2.07. The molecule has 2 rings (SSSR count). The van der Waals surface area contributed by atoms with E-state index < -0.39 is 5.97 Å². The van der Waals surface area contributed by atoms with Crippen molar-refractivity contribution in [3.63, 3.8) is 0 Å². The zero-order valence-corrected chi connectivity index (χ0v) is 12.1. The number of phenolic OH excluding ortho intramolecular Hbond substituents is 1. The Morgan fingerprint density at radius 1 is 1.14 bits per heavy atom. The first-order valence-corrected chi connectivity index (χ1v) is 6.43. The second-order valence-corrected chi connectivity index (χ2v) is 4.59. The van der Waals surface area contributed by atoms with E-state index in [1.165, 1.54) is 13.2 Å². The van der Waals surface area contributed by atoms with Crippen LogP contribution in [0.15, 0.2) is 46.6 Å². The van der Waals surface area contributed by atoms with Crippen molar-refractivity contribution in [3.05, 3.63) is 53.1 Å². The highest BCUT2D eigenvalue weighted by molar-refractivity contribution is 5.95. The largest absolute Gasteiger partial charge is 0.507 e.